The summed E-state index contributed by atoms with van der Waals surface area (Å²) in [5, 5.41) is 17.0. The van der Waals surface area contributed by atoms with Crippen LogP contribution in [0, 0.1) is 0 Å². The predicted octanol–water partition coefficient (Wildman–Crippen LogP) is 1.79. The van der Waals surface area contributed by atoms with E-state index in [1.165, 1.54) is 0 Å². The molecule has 0 aromatic carbocycles. The van der Waals surface area contributed by atoms with Crippen molar-refractivity contribution in [1.82, 2.24) is 15.1 Å². The second kappa shape index (κ2) is 5.84. The molecule has 0 aliphatic carbocycles. The third kappa shape index (κ3) is 2.80. The molecule has 0 amide bonds. The van der Waals surface area contributed by atoms with Gasteiger partial charge in [-0.1, -0.05) is 6.92 Å². The molecule has 2 unspecified atom stereocenters. The maximum atomic E-state index is 9.45. The van der Waals surface area contributed by atoms with Crippen molar-refractivity contribution < 1.29 is 9.52 Å². The number of aromatic nitrogens is 2. The van der Waals surface area contributed by atoms with Crippen LogP contribution >= 0.6 is 0 Å². The summed E-state index contributed by atoms with van der Waals surface area (Å²) < 4.78 is 7.11. The van der Waals surface area contributed by atoms with E-state index in [4.69, 9.17) is 4.42 Å². The van der Waals surface area contributed by atoms with E-state index in [0.29, 0.717) is 0 Å². The summed E-state index contributed by atoms with van der Waals surface area (Å²) in [6.07, 6.45) is 6.36. The van der Waals surface area contributed by atoms with Gasteiger partial charge in [-0.05, 0) is 18.6 Å². The molecule has 2 heterocycles. The summed E-state index contributed by atoms with van der Waals surface area (Å²) in [6, 6.07) is 3.65. The lowest BCUT2D eigenvalue weighted by atomic mass is 10.1. The van der Waals surface area contributed by atoms with Crippen molar-refractivity contribution in [3.8, 4) is 0 Å². The number of rotatable bonds is 6. The monoisotopic (exact) mass is 249 g/mol. The van der Waals surface area contributed by atoms with Crippen LogP contribution in [0.15, 0.2) is 35.2 Å². The first-order chi connectivity index (χ1) is 8.74. The summed E-state index contributed by atoms with van der Waals surface area (Å²) >= 11 is 0. The van der Waals surface area contributed by atoms with Gasteiger partial charge in [0.2, 0.25) is 0 Å². The van der Waals surface area contributed by atoms with E-state index < -0.39 is 0 Å². The minimum absolute atomic E-state index is 0.00424. The van der Waals surface area contributed by atoms with E-state index in [9.17, 15) is 5.11 Å². The first-order valence-electron chi connectivity index (χ1n) is 6.13. The maximum absolute atomic E-state index is 9.45. The van der Waals surface area contributed by atoms with Gasteiger partial charge < -0.3 is 9.52 Å². The van der Waals surface area contributed by atoms with E-state index in [1.807, 2.05) is 31.6 Å². The Balaban J connectivity index is 2.09. The van der Waals surface area contributed by atoms with Gasteiger partial charge in [-0.15, -0.1) is 0 Å². The fourth-order valence-electron chi connectivity index (χ4n) is 2.03. The fraction of sp³-hybridized carbons (Fsp3) is 0.462. The number of aryl methyl sites for hydroxylation is 1. The molecule has 0 radical (unpaired) electrons. The second-order valence-corrected chi connectivity index (χ2v) is 4.33. The van der Waals surface area contributed by atoms with E-state index in [-0.39, 0.29) is 18.7 Å². The van der Waals surface area contributed by atoms with Crippen LogP contribution < -0.4 is 5.32 Å². The number of hydrogen-bond acceptors (Lipinski definition) is 4. The molecule has 0 aliphatic rings. The van der Waals surface area contributed by atoms with Crippen LogP contribution in [0.4, 0.5) is 0 Å². The maximum Gasteiger partial charge on any atom is 0.123 e. The predicted molar refractivity (Wildman–Crippen MR) is 67.9 cm³/mol. The second-order valence-electron chi connectivity index (χ2n) is 4.33. The van der Waals surface area contributed by atoms with Crippen molar-refractivity contribution in [1.29, 1.82) is 0 Å². The molecule has 5 nitrogen and oxygen atoms in total. The first-order valence-corrected chi connectivity index (χ1v) is 6.13. The molecule has 2 aromatic heterocycles. The molecule has 2 aromatic rings. The first kappa shape index (κ1) is 12.9. The lowest BCUT2D eigenvalue weighted by Crippen LogP contribution is -2.28. The summed E-state index contributed by atoms with van der Waals surface area (Å²) in [5.41, 5.74) is 1.12. The third-order valence-corrected chi connectivity index (χ3v) is 3.01. The molecule has 0 fully saturated rings. The average molecular weight is 249 g/mol. The van der Waals surface area contributed by atoms with Gasteiger partial charge in [0.05, 0.1) is 25.1 Å². The zero-order valence-corrected chi connectivity index (χ0v) is 10.7. The fourth-order valence-corrected chi connectivity index (χ4v) is 2.03. The number of furan rings is 1. The zero-order valence-electron chi connectivity index (χ0n) is 10.7. The number of nitrogens with one attached hydrogen (secondary N) is 1. The molecule has 0 aliphatic heterocycles. The topological polar surface area (TPSA) is 63.2 Å². The Hall–Kier alpha value is -1.59. The normalized spacial score (nSPS) is 14.6. The van der Waals surface area contributed by atoms with Crippen LogP contribution in [-0.4, -0.2) is 21.5 Å². The highest BCUT2D eigenvalue weighted by atomic mass is 16.3. The molecule has 0 spiro atoms. The largest absolute Gasteiger partial charge is 0.468 e. The van der Waals surface area contributed by atoms with Crippen LogP contribution in [0.25, 0.3) is 0 Å². The average Bonchev–Trinajstić information content (AvgIpc) is 3.02. The Kier molecular flexibility index (Phi) is 4.17. The summed E-state index contributed by atoms with van der Waals surface area (Å²) in [4.78, 5) is 0. The number of aliphatic hydroxyl groups excluding tert-OH is 1. The quantitative estimate of drug-likeness (QED) is 0.819. The lowest BCUT2D eigenvalue weighted by Gasteiger charge is -2.21. The SMILES string of the molecule is CCC(NC(CO)c1ccco1)c1cnn(C)c1. The Morgan fingerprint density at radius 3 is 2.83 bits per heavy atom. The van der Waals surface area contributed by atoms with Crippen LogP contribution in [0.3, 0.4) is 0 Å². The zero-order chi connectivity index (χ0) is 13.0. The van der Waals surface area contributed by atoms with Crippen LogP contribution in [0.2, 0.25) is 0 Å². The summed E-state index contributed by atoms with van der Waals surface area (Å²) in [5.74, 6) is 0.750. The van der Waals surface area contributed by atoms with E-state index >= 15 is 0 Å². The van der Waals surface area contributed by atoms with Crippen molar-refractivity contribution in [2.24, 2.45) is 7.05 Å². The van der Waals surface area contributed by atoms with Gasteiger partial charge in [0, 0.05) is 24.8 Å². The van der Waals surface area contributed by atoms with E-state index in [1.54, 1.807) is 10.9 Å². The molecule has 0 bridgehead atoms. The molecule has 2 atom stereocenters. The molecule has 0 saturated heterocycles. The lowest BCUT2D eigenvalue weighted by molar-refractivity contribution is 0.213. The number of aliphatic hydroxyl groups is 1. The molecular weight excluding hydrogens is 230 g/mol. The third-order valence-electron chi connectivity index (χ3n) is 3.01. The molecule has 18 heavy (non-hydrogen) atoms. The molecule has 0 saturated carbocycles. The molecule has 5 heteroatoms. The number of nitrogens with zero attached hydrogens (tertiary/aromatic N) is 2. The van der Waals surface area contributed by atoms with Gasteiger partial charge in [-0.2, -0.15) is 5.10 Å². The van der Waals surface area contributed by atoms with Gasteiger partial charge in [-0.25, -0.2) is 0 Å². The van der Waals surface area contributed by atoms with Gasteiger partial charge in [-0.3, -0.25) is 10.00 Å². The minimum Gasteiger partial charge on any atom is -0.468 e. The smallest absolute Gasteiger partial charge is 0.123 e. The Morgan fingerprint density at radius 1 is 1.50 bits per heavy atom. The molecule has 2 N–H and O–H groups in total. The van der Waals surface area contributed by atoms with Crippen molar-refractivity contribution in [2.75, 3.05) is 6.61 Å². The highest BCUT2D eigenvalue weighted by Gasteiger charge is 2.19. The van der Waals surface area contributed by atoms with Crippen molar-refractivity contribution >= 4 is 0 Å². The Bertz CT molecular complexity index is 464. The minimum atomic E-state index is -0.190. The highest BCUT2D eigenvalue weighted by molar-refractivity contribution is 5.12. The Labute approximate surface area is 106 Å². The highest BCUT2D eigenvalue weighted by Crippen LogP contribution is 2.21. The van der Waals surface area contributed by atoms with Crippen LogP contribution in [0.1, 0.15) is 36.8 Å². The number of hydrogen-bond donors (Lipinski definition) is 2. The van der Waals surface area contributed by atoms with Gasteiger partial charge in [0.15, 0.2) is 0 Å². The van der Waals surface area contributed by atoms with Crippen molar-refractivity contribution in [3.63, 3.8) is 0 Å². The van der Waals surface area contributed by atoms with Gasteiger partial charge in [0.1, 0.15) is 5.76 Å². The molecular formula is C13H19N3O2. The van der Waals surface area contributed by atoms with Crippen molar-refractivity contribution in [2.45, 2.75) is 25.4 Å². The summed E-state index contributed by atoms with van der Waals surface area (Å²) in [7, 11) is 1.90. The molecule has 98 valence electrons. The van der Waals surface area contributed by atoms with E-state index in [0.717, 1.165) is 17.7 Å². The standard InChI is InChI=1S/C13H19N3O2/c1-3-11(10-7-14-16(2)8-10)15-12(9-17)13-5-4-6-18-13/h4-8,11-12,15,17H,3,9H2,1-2H3. The van der Waals surface area contributed by atoms with Crippen LogP contribution in [0.5, 0.6) is 0 Å². The van der Waals surface area contributed by atoms with Crippen molar-refractivity contribution in [3.05, 3.63) is 42.1 Å². The van der Waals surface area contributed by atoms with Crippen LogP contribution in [-0.2, 0) is 7.05 Å². The van der Waals surface area contributed by atoms with Gasteiger partial charge >= 0.3 is 0 Å². The Morgan fingerprint density at radius 2 is 2.33 bits per heavy atom. The molecule has 2 rings (SSSR count). The summed E-state index contributed by atoms with van der Waals surface area (Å²) in [6.45, 7) is 2.10. The van der Waals surface area contributed by atoms with E-state index in [2.05, 4.69) is 17.3 Å². The van der Waals surface area contributed by atoms with Gasteiger partial charge in [0.25, 0.3) is 0 Å².